The normalized spacial score (nSPS) is 21.9. The number of aliphatic hydroxyl groups excluding tert-OH is 1. The average Bonchev–Trinajstić information content (AvgIpc) is 2.77. The third-order valence-corrected chi connectivity index (χ3v) is 4.04. The van der Waals surface area contributed by atoms with Crippen LogP contribution in [0.1, 0.15) is 24.7 Å². The maximum absolute atomic E-state index is 9.49. The zero-order chi connectivity index (χ0) is 11.7. The number of halogens is 1. The van der Waals surface area contributed by atoms with Crippen molar-refractivity contribution < 1.29 is 5.11 Å². The standard InChI is InChI=1S/C11H18BrN3O/c1-3-9-11(12)10(14(2)13-9)7-15-5-4-8(16)6-15/h8,16H,3-7H2,1-2H3/t8-/m1/s1. The van der Waals surface area contributed by atoms with E-state index in [0.29, 0.717) is 0 Å². The van der Waals surface area contributed by atoms with E-state index in [1.165, 1.54) is 5.69 Å². The second kappa shape index (κ2) is 4.85. The van der Waals surface area contributed by atoms with Crippen LogP contribution in [0, 0.1) is 0 Å². The second-order valence-corrected chi connectivity index (χ2v) is 5.16. The fourth-order valence-corrected chi connectivity index (χ4v) is 2.90. The molecular weight excluding hydrogens is 270 g/mol. The Balaban J connectivity index is 2.12. The Bertz CT molecular complexity index is 378. The van der Waals surface area contributed by atoms with Crippen LogP contribution in [0.3, 0.4) is 0 Å². The van der Waals surface area contributed by atoms with E-state index in [4.69, 9.17) is 0 Å². The predicted octanol–water partition coefficient (Wildman–Crippen LogP) is 1.31. The summed E-state index contributed by atoms with van der Waals surface area (Å²) in [5.74, 6) is 0. The van der Waals surface area contributed by atoms with Gasteiger partial charge in [-0.3, -0.25) is 9.58 Å². The van der Waals surface area contributed by atoms with Gasteiger partial charge in [0.2, 0.25) is 0 Å². The minimum absolute atomic E-state index is 0.155. The number of hydrogen-bond donors (Lipinski definition) is 1. The summed E-state index contributed by atoms with van der Waals surface area (Å²) >= 11 is 3.61. The summed E-state index contributed by atoms with van der Waals surface area (Å²) < 4.78 is 3.06. The molecular formula is C11H18BrN3O. The number of aryl methyl sites for hydroxylation is 2. The van der Waals surface area contributed by atoms with E-state index in [0.717, 1.165) is 42.6 Å². The molecule has 1 aromatic heterocycles. The highest BCUT2D eigenvalue weighted by Gasteiger charge is 2.22. The van der Waals surface area contributed by atoms with Crippen LogP contribution in [-0.2, 0) is 20.0 Å². The molecule has 0 aromatic carbocycles. The average molecular weight is 288 g/mol. The molecule has 2 rings (SSSR count). The van der Waals surface area contributed by atoms with E-state index >= 15 is 0 Å². The summed E-state index contributed by atoms with van der Waals surface area (Å²) in [6, 6.07) is 0. The Morgan fingerprint density at radius 1 is 1.56 bits per heavy atom. The van der Waals surface area contributed by atoms with Crippen molar-refractivity contribution in [3.63, 3.8) is 0 Å². The van der Waals surface area contributed by atoms with Crippen LogP contribution in [0.15, 0.2) is 4.47 Å². The fourth-order valence-electron chi connectivity index (χ4n) is 2.16. The molecule has 16 heavy (non-hydrogen) atoms. The van der Waals surface area contributed by atoms with Gasteiger partial charge in [-0.05, 0) is 28.8 Å². The quantitative estimate of drug-likeness (QED) is 0.912. The first kappa shape index (κ1) is 12.1. The lowest BCUT2D eigenvalue weighted by Gasteiger charge is -2.15. The Kier molecular flexibility index (Phi) is 3.66. The lowest BCUT2D eigenvalue weighted by molar-refractivity contribution is 0.174. The molecule has 1 fully saturated rings. The largest absolute Gasteiger partial charge is 0.392 e. The number of aliphatic hydroxyl groups is 1. The van der Waals surface area contributed by atoms with Crippen LogP contribution in [0.4, 0.5) is 0 Å². The highest BCUT2D eigenvalue weighted by atomic mass is 79.9. The van der Waals surface area contributed by atoms with E-state index in [1.807, 2.05) is 11.7 Å². The maximum atomic E-state index is 9.49. The molecule has 0 saturated carbocycles. The molecule has 1 atom stereocenters. The molecule has 2 heterocycles. The van der Waals surface area contributed by atoms with Gasteiger partial charge < -0.3 is 5.11 Å². The zero-order valence-corrected chi connectivity index (χ0v) is 11.4. The van der Waals surface area contributed by atoms with E-state index in [-0.39, 0.29) is 6.10 Å². The summed E-state index contributed by atoms with van der Waals surface area (Å²) in [5.41, 5.74) is 2.31. The van der Waals surface area contributed by atoms with Crippen LogP contribution in [0.2, 0.25) is 0 Å². The van der Waals surface area contributed by atoms with Gasteiger partial charge in [0.25, 0.3) is 0 Å². The number of β-amino-alcohol motifs (C(OH)–C–C–N with tert-alkyl or cyclic N) is 1. The number of likely N-dealkylation sites (tertiary alicyclic amines) is 1. The van der Waals surface area contributed by atoms with Crippen molar-refractivity contribution in [2.24, 2.45) is 7.05 Å². The summed E-state index contributed by atoms with van der Waals surface area (Å²) in [7, 11) is 1.98. The van der Waals surface area contributed by atoms with Crippen LogP contribution in [0.25, 0.3) is 0 Å². The summed E-state index contributed by atoms with van der Waals surface area (Å²) in [4.78, 5) is 2.27. The topological polar surface area (TPSA) is 41.3 Å². The Morgan fingerprint density at radius 3 is 2.81 bits per heavy atom. The molecule has 1 aromatic rings. The van der Waals surface area contributed by atoms with Crippen LogP contribution < -0.4 is 0 Å². The molecule has 0 radical (unpaired) electrons. The molecule has 1 N–H and O–H groups in total. The molecule has 1 aliphatic heterocycles. The Morgan fingerprint density at radius 2 is 2.31 bits per heavy atom. The third kappa shape index (κ3) is 2.31. The van der Waals surface area contributed by atoms with Gasteiger partial charge >= 0.3 is 0 Å². The van der Waals surface area contributed by atoms with Crippen molar-refractivity contribution in [2.45, 2.75) is 32.4 Å². The number of hydrogen-bond acceptors (Lipinski definition) is 3. The Labute approximate surface area is 104 Å². The van der Waals surface area contributed by atoms with Crippen molar-refractivity contribution in [1.82, 2.24) is 14.7 Å². The first-order valence-electron chi connectivity index (χ1n) is 5.72. The van der Waals surface area contributed by atoms with Gasteiger partial charge in [-0.1, -0.05) is 6.92 Å². The molecule has 5 heteroatoms. The maximum Gasteiger partial charge on any atom is 0.0767 e. The number of rotatable bonds is 3. The Hall–Kier alpha value is -0.390. The molecule has 0 amide bonds. The van der Waals surface area contributed by atoms with E-state index in [9.17, 15) is 5.11 Å². The molecule has 1 saturated heterocycles. The predicted molar refractivity (Wildman–Crippen MR) is 66.2 cm³/mol. The monoisotopic (exact) mass is 287 g/mol. The van der Waals surface area contributed by atoms with Gasteiger partial charge in [0.15, 0.2) is 0 Å². The lowest BCUT2D eigenvalue weighted by atomic mass is 10.3. The second-order valence-electron chi connectivity index (χ2n) is 4.36. The SMILES string of the molecule is CCc1nn(C)c(CN2CC[C@@H](O)C2)c1Br. The highest BCUT2D eigenvalue weighted by molar-refractivity contribution is 9.10. The van der Waals surface area contributed by atoms with E-state index in [2.05, 4.69) is 32.9 Å². The summed E-state index contributed by atoms with van der Waals surface area (Å²) in [5, 5.41) is 14.0. The molecule has 4 nitrogen and oxygen atoms in total. The lowest BCUT2D eigenvalue weighted by Crippen LogP contribution is -2.23. The first-order chi connectivity index (χ1) is 7.61. The van der Waals surface area contributed by atoms with Crippen molar-refractivity contribution in [2.75, 3.05) is 13.1 Å². The number of nitrogens with zero attached hydrogens (tertiary/aromatic N) is 3. The van der Waals surface area contributed by atoms with Crippen LogP contribution in [0.5, 0.6) is 0 Å². The van der Waals surface area contributed by atoms with Crippen LogP contribution in [-0.4, -0.2) is 39.0 Å². The minimum Gasteiger partial charge on any atom is -0.392 e. The summed E-state index contributed by atoms with van der Waals surface area (Å²) in [6.07, 6.45) is 1.67. The molecule has 1 aliphatic rings. The third-order valence-electron chi connectivity index (χ3n) is 3.12. The molecule has 90 valence electrons. The van der Waals surface area contributed by atoms with Gasteiger partial charge in [0.05, 0.1) is 22.0 Å². The van der Waals surface area contributed by atoms with Gasteiger partial charge in [0, 0.05) is 26.7 Å². The highest BCUT2D eigenvalue weighted by Crippen LogP contribution is 2.24. The van der Waals surface area contributed by atoms with Gasteiger partial charge in [0.1, 0.15) is 0 Å². The van der Waals surface area contributed by atoms with Crippen LogP contribution >= 0.6 is 15.9 Å². The molecule has 0 bridgehead atoms. The zero-order valence-electron chi connectivity index (χ0n) is 9.78. The van der Waals surface area contributed by atoms with Crippen molar-refractivity contribution in [1.29, 1.82) is 0 Å². The molecule has 0 spiro atoms. The molecule has 0 unspecified atom stereocenters. The summed E-state index contributed by atoms with van der Waals surface area (Å²) in [6.45, 7) is 4.72. The van der Waals surface area contributed by atoms with Crippen molar-refractivity contribution >= 4 is 15.9 Å². The van der Waals surface area contributed by atoms with E-state index in [1.54, 1.807) is 0 Å². The minimum atomic E-state index is -0.155. The van der Waals surface area contributed by atoms with Crippen molar-refractivity contribution in [3.8, 4) is 0 Å². The number of aromatic nitrogens is 2. The van der Waals surface area contributed by atoms with E-state index < -0.39 is 0 Å². The van der Waals surface area contributed by atoms with Gasteiger partial charge in [-0.2, -0.15) is 5.10 Å². The smallest absolute Gasteiger partial charge is 0.0767 e. The first-order valence-corrected chi connectivity index (χ1v) is 6.51. The molecule has 0 aliphatic carbocycles. The van der Waals surface area contributed by atoms with Crippen molar-refractivity contribution in [3.05, 3.63) is 15.9 Å². The van der Waals surface area contributed by atoms with Gasteiger partial charge in [-0.15, -0.1) is 0 Å². The fraction of sp³-hybridized carbons (Fsp3) is 0.727. The van der Waals surface area contributed by atoms with Gasteiger partial charge in [-0.25, -0.2) is 0 Å².